The summed E-state index contributed by atoms with van der Waals surface area (Å²) in [5.41, 5.74) is 0. The van der Waals surface area contributed by atoms with Crippen LogP contribution in [0.5, 0.6) is 0 Å². The van der Waals surface area contributed by atoms with E-state index >= 15 is 0 Å². The molecule has 0 aromatic rings. The summed E-state index contributed by atoms with van der Waals surface area (Å²) < 4.78 is 0. The van der Waals surface area contributed by atoms with Gasteiger partial charge in [-0.15, -0.1) is 0 Å². The van der Waals surface area contributed by atoms with Gasteiger partial charge in [0.15, 0.2) is 0 Å². The van der Waals surface area contributed by atoms with Crippen LogP contribution in [0.1, 0.15) is 25.7 Å². The van der Waals surface area contributed by atoms with E-state index in [1.165, 1.54) is 25.7 Å². The molecule has 1 aliphatic heterocycles. The maximum absolute atomic E-state index is 9.19. The van der Waals surface area contributed by atoms with Gasteiger partial charge in [0, 0.05) is 12.3 Å². The SMILES string of the molecule is OC1C=NC2CCCCC2N1. The summed E-state index contributed by atoms with van der Waals surface area (Å²) in [6.07, 6.45) is 6.02. The first-order valence-corrected chi connectivity index (χ1v) is 4.34. The van der Waals surface area contributed by atoms with Crippen LogP contribution in [0.15, 0.2) is 4.99 Å². The van der Waals surface area contributed by atoms with Crippen LogP contribution in [-0.2, 0) is 0 Å². The Bertz CT molecular complexity index is 169. The van der Waals surface area contributed by atoms with Crippen molar-refractivity contribution in [3.8, 4) is 0 Å². The third-order valence-corrected chi connectivity index (χ3v) is 2.53. The molecule has 0 spiro atoms. The summed E-state index contributed by atoms with van der Waals surface area (Å²) in [4.78, 5) is 4.29. The lowest BCUT2D eigenvalue weighted by molar-refractivity contribution is 0.155. The fraction of sp³-hybridized carbons (Fsp3) is 0.875. The van der Waals surface area contributed by atoms with E-state index in [0.717, 1.165) is 0 Å². The number of aliphatic imine (C=N–C) groups is 1. The molecule has 1 aliphatic carbocycles. The molecule has 1 fully saturated rings. The van der Waals surface area contributed by atoms with E-state index in [1.54, 1.807) is 6.21 Å². The summed E-state index contributed by atoms with van der Waals surface area (Å²) in [5.74, 6) is 0. The zero-order chi connectivity index (χ0) is 7.68. The van der Waals surface area contributed by atoms with Crippen molar-refractivity contribution in [3.05, 3.63) is 0 Å². The number of fused-ring (bicyclic) bond motifs is 1. The van der Waals surface area contributed by atoms with Gasteiger partial charge in [0.2, 0.25) is 0 Å². The highest BCUT2D eigenvalue weighted by Gasteiger charge is 2.28. The van der Waals surface area contributed by atoms with Crippen molar-refractivity contribution in [2.75, 3.05) is 0 Å². The summed E-state index contributed by atoms with van der Waals surface area (Å²) in [7, 11) is 0. The largest absolute Gasteiger partial charge is 0.373 e. The molecular formula is C8H14N2O. The van der Waals surface area contributed by atoms with Gasteiger partial charge in [0.1, 0.15) is 6.23 Å². The van der Waals surface area contributed by atoms with E-state index in [2.05, 4.69) is 10.3 Å². The number of aliphatic hydroxyl groups is 1. The minimum absolute atomic E-state index is 0.434. The molecule has 3 atom stereocenters. The fourth-order valence-electron chi connectivity index (χ4n) is 1.94. The lowest BCUT2D eigenvalue weighted by Gasteiger charge is -2.33. The van der Waals surface area contributed by atoms with Gasteiger partial charge < -0.3 is 5.11 Å². The Morgan fingerprint density at radius 1 is 1.36 bits per heavy atom. The summed E-state index contributed by atoms with van der Waals surface area (Å²) in [5, 5.41) is 12.3. The van der Waals surface area contributed by atoms with Crippen LogP contribution in [0.3, 0.4) is 0 Å². The van der Waals surface area contributed by atoms with Gasteiger partial charge in [0.25, 0.3) is 0 Å². The molecule has 0 bridgehead atoms. The smallest absolute Gasteiger partial charge is 0.141 e. The molecule has 0 radical (unpaired) electrons. The monoisotopic (exact) mass is 154 g/mol. The molecule has 2 aliphatic rings. The van der Waals surface area contributed by atoms with Gasteiger partial charge >= 0.3 is 0 Å². The van der Waals surface area contributed by atoms with Crippen molar-refractivity contribution in [2.24, 2.45) is 4.99 Å². The highest BCUT2D eigenvalue weighted by atomic mass is 16.3. The quantitative estimate of drug-likeness (QED) is 0.526. The van der Waals surface area contributed by atoms with Gasteiger partial charge in [-0.05, 0) is 12.8 Å². The standard InChI is InChI=1S/C8H14N2O/c11-8-5-9-6-3-1-2-4-7(6)10-8/h5-8,10-11H,1-4H2. The number of rotatable bonds is 0. The van der Waals surface area contributed by atoms with Crippen LogP contribution in [0.2, 0.25) is 0 Å². The van der Waals surface area contributed by atoms with Crippen LogP contribution in [0.25, 0.3) is 0 Å². The number of aliphatic hydroxyl groups excluding tert-OH is 1. The van der Waals surface area contributed by atoms with Crippen LogP contribution in [-0.4, -0.2) is 29.6 Å². The van der Waals surface area contributed by atoms with E-state index in [4.69, 9.17) is 0 Å². The lowest BCUT2D eigenvalue weighted by Crippen LogP contribution is -2.50. The third-order valence-electron chi connectivity index (χ3n) is 2.53. The second kappa shape index (κ2) is 2.91. The number of hydrogen-bond acceptors (Lipinski definition) is 3. The maximum atomic E-state index is 9.19. The Morgan fingerprint density at radius 3 is 3.09 bits per heavy atom. The molecule has 0 saturated heterocycles. The Morgan fingerprint density at radius 2 is 2.18 bits per heavy atom. The maximum Gasteiger partial charge on any atom is 0.141 e. The predicted octanol–water partition coefficient (Wildman–Crippen LogP) is 0.290. The summed E-state index contributed by atoms with van der Waals surface area (Å²) >= 11 is 0. The molecule has 3 unspecified atom stereocenters. The van der Waals surface area contributed by atoms with Gasteiger partial charge in [-0.2, -0.15) is 0 Å². The van der Waals surface area contributed by atoms with Gasteiger partial charge in [-0.25, -0.2) is 0 Å². The molecule has 2 N–H and O–H groups in total. The number of nitrogens with zero attached hydrogens (tertiary/aromatic N) is 1. The Balaban J connectivity index is 2.05. The normalized spacial score (nSPS) is 43.5. The first-order chi connectivity index (χ1) is 5.36. The van der Waals surface area contributed by atoms with E-state index in [1.807, 2.05) is 0 Å². The van der Waals surface area contributed by atoms with Gasteiger partial charge in [0.05, 0.1) is 6.04 Å². The Labute approximate surface area is 66.5 Å². The molecule has 0 aromatic heterocycles. The van der Waals surface area contributed by atoms with E-state index in [9.17, 15) is 5.11 Å². The molecule has 1 saturated carbocycles. The molecular weight excluding hydrogens is 140 g/mol. The fourth-order valence-corrected chi connectivity index (χ4v) is 1.94. The molecule has 0 aromatic carbocycles. The van der Waals surface area contributed by atoms with Gasteiger partial charge in [-0.1, -0.05) is 12.8 Å². The zero-order valence-corrected chi connectivity index (χ0v) is 6.53. The van der Waals surface area contributed by atoms with Crippen LogP contribution < -0.4 is 5.32 Å². The minimum Gasteiger partial charge on any atom is -0.373 e. The molecule has 2 rings (SSSR count). The molecule has 3 heteroatoms. The average Bonchev–Trinajstić information content (AvgIpc) is 2.04. The van der Waals surface area contributed by atoms with E-state index < -0.39 is 6.23 Å². The molecule has 0 amide bonds. The minimum atomic E-state index is -0.505. The van der Waals surface area contributed by atoms with Crippen LogP contribution >= 0.6 is 0 Å². The van der Waals surface area contributed by atoms with Crippen molar-refractivity contribution in [1.82, 2.24) is 5.32 Å². The van der Waals surface area contributed by atoms with Crippen LogP contribution in [0, 0.1) is 0 Å². The average molecular weight is 154 g/mol. The van der Waals surface area contributed by atoms with Crippen molar-refractivity contribution < 1.29 is 5.11 Å². The molecule has 3 nitrogen and oxygen atoms in total. The Kier molecular flexibility index (Phi) is 1.92. The third kappa shape index (κ3) is 1.44. The summed E-state index contributed by atoms with van der Waals surface area (Å²) in [6.45, 7) is 0. The zero-order valence-electron chi connectivity index (χ0n) is 6.53. The summed E-state index contributed by atoms with van der Waals surface area (Å²) in [6, 6.07) is 0.871. The molecule has 11 heavy (non-hydrogen) atoms. The lowest BCUT2D eigenvalue weighted by atomic mass is 9.90. The number of nitrogens with one attached hydrogen (secondary N) is 1. The van der Waals surface area contributed by atoms with Gasteiger partial charge in [-0.3, -0.25) is 10.3 Å². The predicted molar refractivity (Wildman–Crippen MR) is 43.7 cm³/mol. The second-order valence-electron chi connectivity index (χ2n) is 3.37. The van der Waals surface area contributed by atoms with Crippen molar-refractivity contribution in [1.29, 1.82) is 0 Å². The molecule has 1 heterocycles. The van der Waals surface area contributed by atoms with Crippen molar-refractivity contribution >= 4 is 6.21 Å². The highest BCUT2D eigenvalue weighted by Crippen LogP contribution is 2.22. The van der Waals surface area contributed by atoms with Crippen molar-refractivity contribution in [3.63, 3.8) is 0 Å². The van der Waals surface area contributed by atoms with Crippen LogP contribution in [0.4, 0.5) is 0 Å². The van der Waals surface area contributed by atoms with E-state index in [-0.39, 0.29) is 0 Å². The van der Waals surface area contributed by atoms with Crippen molar-refractivity contribution in [2.45, 2.75) is 44.0 Å². The first-order valence-electron chi connectivity index (χ1n) is 4.34. The Hall–Kier alpha value is -0.410. The second-order valence-corrected chi connectivity index (χ2v) is 3.37. The van der Waals surface area contributed by atoms with E-state index in [0.29, 0.717) is 12.1 Å². The molecule has 62 valence electrons. The first kappa shape index (κ1) is 7.25. The number of hydrogen-bond donors (Lipinski definition) is 2. The topological polar surface area (TPSA) is 44.6 Å². The highest BCUT2D eigenvalue weighted by molar-refractivity contribution is 5.63.